The monoisotopic (exact) mass is 347 g/mol. The fourth-order valence-corrected chi connectivity index (χ4v) is 2.60. The molecule has 1 aliphatic heterocycles. The van der Waals surface area contributed by atoms with Crippen LogP contribution < -0.4 is 10.1 Å². The van der Waals surface area contributed by atoms with Crippen LogP contribution in [-0.4, -0.2) is 23.4 Å². The molecule has 0 aromatic heterocycles. The Morgan fingerprint density at radius 1 is 1.15 bits per heavy atom. The summed E-state index contributed by atoms with van der Waals surface area (Å²) < 4.78 is 5.72. The molecule has 0 unspecified atom stereocenters. The van der Waals surface area contributed by atoms with Crippen LogP contribution in [0.25, 0.3) is 6.08 Å². The average molecular weight is 347 g/mol. The number of nitrogens with zero attached hydrogens (tertiary/aromatic N) is 2. The van der Waals surface area contributed by atoms with Gasteiger partial charge < -0.3 is 10.1 Å². The predicted octanol–water partition coefficient (Wildman–Crippen LogP) is 3.05. The minimum Gasteiger partial charge on any atom is -0.489 e. The van der Waals surface area contributed by atoms with E-state index in [1.807, 2.05) is 18.2 Å². The Morgan fingerprint density at radius 3 is 2.54 bits per heavy atom. The molecule has 2 aromatic carbocycles. The minimum absolute atomic E-state index is 0.258. The van der Waals surface area contributed by atoms with Crippen LogP contribution in [0.1, 0.15) is 23.6 Å². The summed E-state index contributed by atoms with van der Waals surface area (Å²) in [6, 6.07) is 16.2. The number of carbonyl (C=O) groups is 2. The third-order valence-corrected chi connectivity index (χ3v) is 4.00. The molecule has 0 bridgehead atoms. The molecule has 3 rings (SSSR count). The maximum Gasteiger partial charge on any atom is 0.328 e. The highest BCUT2D eigenvalue weighted by molar-refractivity contribution is 6.13. The van der Waals surface area contributed by atoms with Crippen molar-refractivity contribution in [1.82, 2.24) is 10.2 Å². The Kier molecular flexibility index (Phi) is 4.99. The number of carbonyl (C=O) groups excluding carboxylic acids is 2. The number of likely N-dealkylation sites (N-methyl/N-ethyl adjacent to an activating group) is 1. The molecule has 130 valence electrons. The van der Waals surface area contributed by atoms with E-state index < -0.39 is 6.03 Å². The van der Waals surface area contributed by atoms with Crippen molar-refractivity contribution in [3.8, 4) is 11.8 Å². The fraction of sp³-hybridized carbons (Fsp3) is 0.150. The van der Waals surface area contributed by atoms with Crippen LogP contribution in [-0.2, 0) is 11.4 Å². The molecule has 1 aliphatic rings. The van der Waals surface area contributed by atoms with Gasteiger partial charge in [-0.25, -0.2) is 4.79 Å². The summed E-state index contributed by atoms with van der Waals surface area (Å²) in [4.78, 5) is 24.9. The van der Waals surface area contributed by atoms with E-state index >= 15 is 0 Å². The van der Waals surface area contributed by atoms with Gasteiger partial charge in [-0.05, 0) is 36.8 Å². The molecule has 3 amide bonds. The maximum atomic E-state index is 12.1. The molecule has 26 heavy (non-hydrogen) atoms. The quantitative estimate of drug-likeness (QED) is 0.666. The molecule has 0 saturated carbocycles. The van der Waals surface area contributed by atoms with Crippen LogP contribution in [0.15, 0.2) is 54.2 Å². The third-order valence-electron chi connectivity index (χ3n) is 4.00. The number of imide groups is 1. The van der Waals surface area contributed by atoms with Crippen molar-refractivity contribution in [2.24, 2.45) is 0 Å². The van der Waals surface area contributed by atoms with Crippen molar-refractivity contribution in [2.45, 2.75) is 13.5 Å². The molecule has 6 nitrogen and oxygen atoms in total. The molecule has 1 N–H and O–H groups in total. The first kappa shape index (κ1) is 17.2. The van der Waals surface area contributed by atoms with Gasteiger partial charge in [0.2, 0.25) is 0 Å². The summed E-state index contributed by atoms with van der Waals surface area (Å²) in [6.45, 7) is 2.38. The standard InChI is InChI=1S/C20H17N3O3/c1-2-23-19(24)18(22-20(23)25)11-14-7-9-17(10-8-14)26-13-16-6-4-3-5-15(16)12-21/h3-11H,2,13H2,1H3,(H,22,25)/b18-11+. The Labute approximate surface area is 151 Å². The SMILES string of the molecule is CCN1C(=O)N/C(=C/c2ccc(OCc3ccccc3C#N)cc2)C1=O. The van der Waals surface area contributed by atoms with Crippen molar-refractivity contribution in [3.63, 3.8) is 0 Å². The molecule has 0 spiro atoms. The first-order chi connectivity index (χ1) is 12.6. The van der Waals surface area contributed by atoms with E-state index in [1.165, 1.54) is 0 Å². The Balaban J connectivity index is 1.68. The van der Waals surface area contributed by atoms with Crippen molar-refractivity contribution in [3.05, 3.63) is 70.9 Å². The summed E-state index contributed by atoms with van der Waals surface area (Å²) in [5, 5.41) is 11.7. The van der Waals surface area contributed by atoms with E-state index in [0.29, 0.717) is 24.5 Å². The average Bonchev–Trinajstić information content (AvgIpc) is 2.94. The maximum absolute atomic E-state index is 12.1. The van der Waals surface area contributed by atoms with Crippen LogP contribution in [0, 0.1) is 11.3 Å². The largest absolute Gasteiger partial charge is 0.489 e. The molecule has 0 atom stereocenters. The van der Waals surface area contributed by atoms with E-state index in [1.54, 1.807) is 43.3 Å². The predicted molar refractivity (Wildman–Crippen MR) is 95.8 cm³/mol. The van der Waals surface area contributed by atoms with E-state index in [-0.39, 0.29) is 11.6 Å². The Bertz CT molecular complexity index is 911. The van der Waals surface area contributed by atoms with E-state index in [2.05, 4.69) is 11.4 Å². The minimum atomic E-state index is -0.403. The van der Waals surface area contributed by atoms with Crippen LogP contribution in [0.4, 0.5) is 4.79 Å². The second-order valence-corrected chi connectivity index (χ2v) is 5.66. The Morgan fingerprint density at radius 2 is 1.88 bits per heavy atom. The van der Waals surface area contributed by atoms with Crippen molar-refractivity contribution in [2.75, 3.05) is 6.54 Å². The fourth-order valence-electron chi connectivity index (χ4n) is 2.60. The number of amides is 3. The Hall–Kier alpha value is -3.59. The zero-order valence-corrected chi connectivity index (χ0v) is 14.2. The van der Waals surface area contributed by atoms with Gasteiger partial charge in [0.15, 0.2) is 0 Å². The summed E-state index contributed by atoms with van der Waals surface area (Å²) in [7, 11) is 0. The highest BCUT2D eigenvalue weighted by Gasteiger charge is 2.31. The van der Waals surface area contributed by atoms with Gasteiger partial charge in [0.1, 0.15) is 18.1 Å². The van der Waals surface area contributed by atoms with Gasteiger partial charge >= 0.3 is 6.03 Å². The second-order valence-electron chi connectivity index (χ2n) is 5.66. The summed E-state index contributed by atoms with van der Waals surface area (Å²) >= 11 is 0. The zero-order chi connectivity index (χ0) is 18.5. The van der Waals surface area contributed by atoms with Crippen molar-refractivity contribution < 1.29 is 14.3 Å². The van der Waals surface area contributed by atoms with E-state index in [0.717, 1.165) is 16.0 Å². The summed E-state index contributed by atoms with van der Waals surface area (Å²) in [6.07, 6.45) is 1.63. The smallest absolute Gasteiger partial charge is 0.328 e. The number of ether oxygens (including phenoxy) is 1. The molecule has 1 saturated heterocycles. The number of nitriles is 1. The molecule has 1 heterocycles. The van der Waals surface area contributed by atoms with Gasteiger partial charge in [0.25, 0.3) is 5.91 Å². The first-order valence-corrected chi connectivity index (χ1v) is 8.17. The van der Waals surface area contributed by atoms with Gasteiger partial charge in [0.05, 0.1) is 11.6 Å². The molecular weight excluding hydrogens is 330 g/mol. The number of hydrogen-bond acceptors (Lipinski definition) is 4. The normalized spacial score (nSPS) is 15.1. The molecule has 6 heteroatoms. The van der Waals surface area contributed by atoms with Crippen LogP contribution >= 0.6 is 0 Å². The van der Waals surface area contributed by atoms with Crippen molar-refractivity contribution in [1.29, 1.82) is 5.26 Å². The zero-order valence-electron chi connectivity index (χ0n) is 14.2. The highest BCUT2D eigenvalue weighted by atomic mass is 16.5. The second kappa shape index (κ2) is 7.53. The lowest BCUT2D eigenvalue weighted by molar-refractivity contribution is -0.122. The molecular formula is C20H17N3O3. The first-order valence-electron chi connectivity index (χ1n) is 8.17. The van der Waals surface area contributed by atoms with Crippen LogP contribution in [0.5, 0.6) is 5.75 Å². The number of rotatable bonds is 5. The van der Waals surface area contributed by atoms with Gasteiger partial charge in [-0.2, -0.15) is 5.26 Å². The lowest BCUT2D eigenvalue weighted by atomic mass is 10.1. The number of benzene rings is 2. The topological polar surface area (TPSA) is 82.4 Å². The van der Waals surface area contributed by atoms with E-state index in [4.69, 9.17) is 10.00 Å². The number of urea groups is 1. The highest BCUT2D eigenvalue weighted by Crippen LogP contribution is 2.19. The van der Waals surface area contributed by atoms with Crippen LogP contribution in [0.3, 0.4) is 0 Å². The number of hydrogen-bond donors (Lipinski definition) is 1. The summed E-state index contributed by atoms with van der Waals surface area (Å²) in [5.41, 5.74) is 2.44. The van der Waals surface area contributed by atoms with Crippen molar-refractivity contribution >= 4 is 18.0 Å². The molecule has 0 radical (unpaired) electrons. The lowest BCUT2D eigenvalue weighted by Gasteiger charge is -2.08. The molecule has 1 fully saturated rings. The lowest BCUT2D eigenvalue weighted by Crippen LogP contribution is -2.30. The molecule has 2 aromatic rings. The third kappa shape index (κ3) is 3.57. The van der Waals surface area contributed by atoms with E-state index in [9.17, 15) is 9.59 Å². The molecule has 0 aliphatic carbocycles. The van der Waals surface area contributed by atoms with Gasteiger partial charge in [0, 0.05) is 12.1 Å². The summed E-state index contributed by atoms with van der Waals surface area (Å²) in [5.74, 6) is 0.322. The van der Waals surface area contributed by atoms with Gasteiger partial charge in [-0.3, -0.25) is 9.69 Å². The van der Waals surface area contributed by atoms with Gasteiger partial charge in [-0.15, -0.1) is 0 Å². The number of nitrogens with one attached hydrogen (secondary N) is 1. The van der Waals surface area contributed by atoms with Gasteiger partial charge in [-0.1, -0.05) is 30.3 Å². The van der Waals surface area contributed by atoms with Crippen LogP contribution in [0.2, 0.25) is 0 Å².